The minimum atomic E-state index is -4.47. The first kappa shape index (κ1) is 18.9. The number of halogens is 3. The van der Waals surface area contributed by atoms with Crippen LogP contribution in [0.25, 0.3) is 0 Å². The van der Waals surface area contributed by atoms with E-state index in [0.717, 1.165) is 37.1 Å². The van der Waals surface area contributed by atoms with E-state index < -0.39 is 23.6 Å². The fourth-order valence-electron chi connectivity index (χ4n) is 2.60. The number of aryl methyl sites for hydroxylation is 1. The number of alkyl halides is 3. The van der Waals surface area contributed by atoms with Crippen molar-refractivity contribution in [1.29, 1.82) is 0 Å². The minimum Gasteiger partial charge on any atom is -0.360 e. The van der Waals surface area contributed by atoms with Gasteiger partial charge >= 0.3 is 6.18 Å². The molecule has 0 unspecified atom stereocenters. The van der Waals surface area contributed by atoms with Crippen LogP contribution in [0.5, 0.6) is 0 Å². The van der Waals surface area contributed by atoms with Crippen LogP contribution < -0.4 is 5.32 Å². The van der Waals surface area contributed by atoms with Gasteiger partial charge in [0.25, 0.3) is 5.91 Å². The Morgan fingerprint density at radius 3 is 2.44 bits per heavy atom. The molecule has 6 nitrogen and oxygen atoms in total. The van der Waals surface area contributed by atoms with E-state index in [-0.39, 0.29) is 17.9 Å². The number of rotatable bonds is 6. The Balaban J connectivity index is 1.69. The lowest BCUT2D eigenvalue weighted by Gasteiger charge is -2.22. The topological polar surface area (TPSA) is 75.4 Å². The summed E-state index contributed by atoms with van der Waals surface area (Å²) in [4.78, 5) is 26.3. The molecular formula is C18H18F3N3O3. The average Bonchev–Trinajstić information content (AvgIpc) is 3.33. The summed E-state index contributed by atoms with van der Waals surface area (Å²) in [6, 6.07) is 5.52. The highest BCUT2D eigenvalue weighted by molar-refractivity contribution is 5.99. The predicted octanol–water partition coefficient (Wildman–Crippen LogP) is 3.49. The van der Waals surface area contributed by atoms with Crippen molar-refractivity contribution >= 4 is 17.6 Å². The van der Waals surface area contributed by atoms with Crippen LogP contribution in [0, 0.1) is 12.8 Å². The first-order chi connectivity index (χ1) is 12.7. The van der Waals surface area contributed by atoms with Gasteiger partial charge in [-0.05, 0) is 49.9 Å². The van der Waals surface area contributed by atoms with Crippen LogP contribution >= 0.6 is 0 Å². The Labute approximate surface area is 153 Å². The van der Waals surface area contributed by atoms with Crippen LogP contribution in [0.4, 0.5) is 19.0 Å². The van der Waals surface area contributed by atoms with Gasteiger partial charge in [0.2, 0.25) is 5.91 Å². The molecule has 0 radical (unpaired) electrons. The first-order valence-corrected chi connectivity index (χ1v) is 8.42. The third kappa shape index (κ3) is 5.08. The zero-order valence-electron chi connectivity index (χ0n) is 14.5. The summed E-state index contributed by atoms with van der Waals surface area (Å²) in [7, 11) is 0. The maximum absolute atomic E-state index is 12.7. The SMILES string of the molecule is Cc1cc(NC(=O)CN(CC2CC2)C(=O)c2ccc(C(F)(F)F)cc2)no1. The molecule has 27 heavy (non-hydrogen) atoms. The number of hydrogen-bond donors (Lipinski definition) is 1. The lowest BCUT2D eigenvalue weighted by atomic mass is 10.1. The van der Waals surface area contributed by atoms with Crippen molar-refractivity contribution in [3.8, 4) is 0 Å². The molecule has 144 valence electrons. The molecule has 1 saturated carbocycles. The Hall–Kier alpha value is -2.84. The smallest absolute Gasteiger partial charge is 0.360 e. The van der Waals surface area contributed by atoms with Crippen molar-refractivity contribution in [2.75, 3.05) is 18.4 Å². The molecule has 0 aliphatic heterocycles. The molecule has 1 aromatic carbocycles. The van der Waals surface area contributed by atoms with Gasteiger partial charge in [0.15, 0.2) is 5.82 Å². The molecule has 3 rings (SSSR count). The number of nitrogens with zero attached hydrogens (tertiary/aromatic N) is 2. The van der Waals surface area contributed by atoms with E-state index in [1.807, 2.05) is 0 Å². The van der Waals surface area contributed by atoms with Crippen LogP contribution in [0.2, 0.25) is 0 Å². The summed E-state index contributed by atoms with van der Waals surface area (Å²) in [6.07, 6.45) is -2.55. The Kier molecular flexibility index (Phi) is 5.20. The van der Waals surface area contributed by atoms with Crippen LogP contribution in [0.15, 0.2) is 34.9 Å². The molecule has 1 aliphatic rings. The molecule has 0 spiro atoms. The van der Waals surface area contributed by atoms with Crippen molar-refractivity contribution in [1.82, 2.24) is 10.1 Å². The third-order valence-corrected chi connectivity index (χ3v) is 4.15. The van der Waals surface area contributed by atoms with Gasteiger partial charge in [-0.3, -0.25) is 9.59 Å². The van der Waals surface area contributed by atoms with Crippen molar-refractivity contribution in [3.05, 3.63) is 47.2 Å². The van der Waals surface area contributed by atoms with Crippen molar-refractivity contribution in [3.63, 3.8) is 0 Å². The second-order valence-corrected chi connectivity index (χ2v) is 6.58. The fraction of sp³-hybridized carbons (Fsp3) is 0.389. The second kappa shape index (κ2) is 7.42. The molecule has 1 aromatic heterocycles. The van der Waals surface area contributed by atoms with Crippen LogP contribution in [0.1, 0.15) is 34.5 Å². The van der Waals surface area contributed by atoms with E-state index in [4.69, 9.17) is 4.52 Å². The Bertz CT molecular complexity index is 826. The summed E-state index contributed by atoms with van der Waals surface area (Å²) in [5.74, 6) is 0.142. The lowest BCUT2D eigenvalue weighted by Crippen LogP contribution is -2.39. The van der Waals surface area contributed by atoms with Crippen molar-refractivity contribution in [2.45, 2.75) is 25.9 Å². The molecule has 1 N–H and O–H groups in total. The van der Waals surface area contributed by atoms with E-state index in [0.29, 0.717) is 18.2 Å². The lowest BCUT2D eigenvalue weighted by molar-refractivity contribution is -0.137. The molecule has 2 aromatic rings. The molecular weight excluding hydrogens is 363 g/mol. The van der Waals surface area contributed by atoms with Gasteiger partial charge in [0.1, 0.15) is 12.3 Å². The number of hydrogen-bond acceptors (Lipinski definition) is 4. The monoisotopic (exact) mass is 381 g/mol. The molecule has 1 fully saturated rings. The van der Waals surface area contributed by atoms with Crippen LogP contribution in [0.3, 0.4) is 0 Å². The number of anilines is 1. The largest absolute Gasteiger partial charge is 0.416 e. The van der Waals surface area contributed by atoms with Gasteiger partial charge < -0.3 is 14.7 Å². The maximum Gasteiger partial charge on any atom is 0.416 e. The predicted molar refractivity (Wildman–Crippen MR) is 89.9 cm³/mol. The van der Waals surface area contributed by atoms with Crippen molar-refractivity contribution < 1.29 is 27.3 Å². The molecule has 0 bridgehead atoms. The first-order valence-electron chi connectivity index (χ1n) is 8.42. The molecule has 2 amide bonds. The Morgan fingerprint density at radius 2 is 1.93 bits per heavy atom. The van der Waals surface area contributed by atoms with Crippen LogP contribution in [-0.4, -0.2) is 35.0 Å². The number of benzene rings is 1. The zero-order chi connectivity index (χ0) is 19.6. The average molecular weight is 381 g/mol. The fourth-order valence-corrected chi connectivity index (χ4v) is 2.60. The van der Waals surface area contributed by atoms with Gasteiger partial charge in [0.05, 0.1) is 5.56 Å². The Morgan fingerprint density at radius 1 is 1.26 bits per heavy atom. The van der Waals surface area contributed by atoms with Gasteiger partial charge in [-0.1, -0.05) is 5.16 Å². The van der Waals surface area contributed by atoms with E-state index in [1.54, 1.807) is 13.0 Å². The van der Waals surface area contributed by atoms with E-state index in [2.05, 4.69) is 10.5 Å². The van der Waals surface area contributed by atoms with Gasteiger partial charge in [-0.25, -0.2) is 0 Å². The van der Waals surface area contributed by atoms with E-state index in [1.165, 1.54) is 4.90 Å². The maximum atomic E-state index is 12.7. The number of amides is 2. The molecule has 1 heterocycles. The summed E-state index contributed by atoms with van der Waals surface area (Å²) >= 11 is 0. The molecule has 0 atom stereocenters. The van der Waals surface area contributed by atoms with Gasteiger partial charge in [0, 0.05) is 18.2 Å². The number of carbonyl (C=O) groups excluding carboxylic acids is 2. The molecule has 0 saturated heterocycles. The molecule has 9 heteroatoms. The van der Waals surface area contributed by atoms with Crippen molar-refractivity contribution in [2.24, 2.45) is 5.92 Å². The molecule has 1 aliphatic carbocycles. The number of carbonyl (C=O) groups is 2. The van der Waals surface area contributed by atoms with E-state index >= 15 is 0 Å². The van der Waals surface area contributed by atoms with Gasteiger partial charge in [-0.2, -0.15) is 13.2 Å². The number of aromatic nitrogens is 1. The highest BCUT2D eigenvalue weighted by Gasteiger charge is 2.31. The summed E-state index contributed by atoms with van der Waals surface area (Å²) in [5, 5.41) is 6.19. The minimum absolute atomic E-state index is 0.105. The normalized spacial score (nSPS) is 14.1. The standard InChI is InChI=1S/C18H18F3N3O3/c1-11-8-15(23-27-11)22-16(25)10-24(9-12-2-3-12)17(26)13-4-6-14(7-5-13)18(19,20)21/h4-8,12H,2-3,9-10H2,1H3,(H,22,23,25). The summed E-state index contributed by atoms with van der Waals surface area (Å²) in [6.45, 7) is 1.84. The number of nitrogens with one attached hydrogen (secondary N) is 1. The van der Waals surface area contributed by atoms with E-state index in [9.17, 15) is 22.8 Å². The highest BCUT2D eigenvalue weighted by Crippen LogP contribution is 2.31. The van der Waals surface area contributed by atoms with Gasteiger partial charge in [-0.15, -0.1) is 0 Å². The third-order valence-electron chi connectivity index (χ3n) is 4.15. The summed E-state index contributed by atoms with van der Waals surface area (Å²) in [5.41, 5.74) is -0.722. The summed E-state index contributed by atoms with van der Waals surface area (Å²) < 4.78 is 42.9. The quantitative estimate of drug-likeness (QED) is 0.831. The zero-order valence-corrected chi connectivity index (χ0v) is 14.5. The van der Waals surface area contributed by atoms with Crippen LogP contribution in [-0.2, 0) is 11.0 Å². The second-order valence-electron chi connectivity index (χ2n) is 6.58. The highest BCUT2D eigenvalue weighted by atomic mass is 19.4.